The Morgan fingerprint density at radius 3 is 1.08 bits per heavy atom. The van der Waals surface area contributed by atoms with Crippen LogP contribution >= 0.6 is 23.5 Å². The van der Waals surface area contributed by atoms with Gasteiger partial charge < -0.3 is 103 Å². The average molecular weight is 1920 g/mol. The molecule has 0 saturated carbocycles. The van der Waals surface area contributed by atoms with Gasteiger partial charge in [0.05, 0.1) is 65.5 Å². The molecule has 2 amide bonds. The normalized spacial score (nSPS) is 20.8. The van der Waals surface area contributed by atoms with Crippen LogP contribution in [-0.2, 0) is 93.5 Å². The lowest BCUT2D eigenvalue weighted by molar-refractivity contribution is -0.373. The highest BCUT2D eigenvalue weighted by Crippen LogP contribution is 2.57. The first-order valence-corrected chi connectivity index (χ1v) is 56.1. The van der Waals surface area contributed by atoms with Crippen LogP contribution in [0.2, 0.25) is 0 Å². The number of rotatable bonds is 89. The minimum atomic E-state index is -6.35. The summed E-state index contributed by atoms with van der Waals surface area (Å²) in [7, 11) is -18.4. The SMILES string of the molecule is CCCCCCCCCCCCCC(=O)O[C@H](CCCCCCCCCCC)CC(=O)O[C@@H]1[C@@H](NC(=O)C[C@@H](CCCCCCCCCCC)OC(=O)CCCCCCCCCCC)[C@H](OC[C@H]2O[C@H](OP(=O)([O-])OP(=O)([O-])OCC[NH3+])[C@H](NC(=O)C[C@H](O)CCCCCCCCCCC)[C@@H](OC(=O)C[C@H](O)CCCCCCCCCCC)[C@@H]2O)O[C@H](CO)[C@H]1OP(=O)([O-])[O-]. The summed E-state index contributed by atoms with van der Waals surface area (Å²) >= 11 is 0. The topological polar surface area (TPSA) is 480 Å². The number of esters is 4. The third kappa shape index (κ3) is 64.1. The summed E-state index contributed by atoms with van der Waals surface area (Å²) in [6, 6.07) is -4.23. The number of ether oxygens (including phenoxy) is 7. The molecule has 2 aliphatic rings. The molecule has 2 heterocycles. The van der Waals surface area contributed by atoms with Gasteiger partial charge in [0.2, 0.25) is 11.8 Å². The van der Waals surface area contributed by atoms with Crippen molar-refractivity contribution in [1.29, 1.82) is 0 Å². The molecule has 31 nitrogen and oxygen atoms in total. The molecule has 0 spiro atoms. The van der Waals surface area contributed by atoms with E-state index in [2.05, 4.69) is 66.7 Å². The van der Waals surface area contributed by atoms with Gasteiger partial charge in [0.15, 0.2) is 24.8 Å². The lowest BCUT2D eigenvalue weighted by atomic mass is 9.95. The number of quaternary nitrogens is 1. The van der Waals surface area contributed by atoms with Crippen molar-refractivity contribution in [2.45, 2.75) is 551 Å². The van der Waals surface area contributed by atoms with Crippen LogP contribution in [0.15, 0.2) is 0 Å². The Labute approximate surface area is 782 Å². The van der Waals surface area contributed by atoms with Crippen LogP contribution in [0.4, 0.5) is 0 Å². The summed E-state index contributed by atoms with van der Waals surface area (Å²) in [6.07, 6.45) is 29.6. The van der Waals surface area contributed by atoms with Crippen LogP contribution in [0.25, 0.3) is 0 Å². The molecule has 0 aromatic rings. The predicted molar refractivity (Wildman–Crippen MR) is 494 cm³/mol. The quantitative estimate of drug-likeness (QED) is 0.0129. The zero-order valence-electron chi connectivity index (χ0n) is 81.2. The van der Waals surface area contributed by atoms with Gasteiger partial charge in [-0.1, -0.05) is 375 Å². The van der Waals surface area contributed by atoms with Crippen LogP contribution in [0.5, 0.6) is 0 Å². The summed E-state index contributed by atoms with van der Waals surface area (Å²) in [5.41, 5.74) is 3.49. The van der Waals surface area contributed by atoms with Crippen molar-refractivity contribution in [2.75, 3.05) is 26.4 Å². The number of hydrogen-bond acceptors (Lipinski definition) is 28. The molecule has 2 unspecified atom stereocenters. The summed E-state index contributed by atoms with van der Waals surface area (Å²) in [6.45, 7) is 9.69. The number of carbonyl (C=O) groups is 6. The van der Waals surface area contributed by atoms with E-state index in [-0.39, 0.29) is 45.1 Å². The number of unbranched alkanes of at least 4 members (excludes halogenated alkanes) is 50. The van der Waals surface area contributed by atoms with E-state index in [9.17, 15) is 72.9 Å². The molecule has 0 radical (unpaired) electrons. The molecule has 9 N–H and O–H groups in total. The largest absolute Gasteiger partial charge is 0.790 e. The second-order valence-corrected chi connectivity index (χ2v) is 40.7. The lowest BCUT2D eigenvalue weighted by Gasteiger charge is -2.49. The molecule has 0 aliphatic carbocycles. The molecule has 2 rings (SSSR count). The number of phosphoric acid groups is 3. The van der Waals surface area contributed by atoms with Crippen molar-refractivity contribution in [3.63, 3.8) is 0 Å². The van der Waals surface area contributed by atoms with Crippen LogP contribution < -0.4 is 35.9 Å². The van der Waals surface area contributed by atoms with Gasteiger partial charge in [0.1, 0.15) is 55.3 Å². The molecule has 2 saturated heterocycles. The highest BCUT2D eigenvalue weighted by atomic mass is 31.3. The average Bonchev–Trinajstić information content (AvgIpc) is 0.776. The standard InChI is InChI=1S/C96H184N3O28P3/c1-7-13-19-25-31-37-38-44-50-56-62-68-86(106)120-80(66-60-54-48-42-35-29-23-17-11-5)74-88(108)124-94-90(99-84(104)73-79(65-59-53-47-41-34-28-22-16-10-4)119-85(105)67-61-55-49-43-36-30-24-18-12-6)95(121-81(75-100)92(94)125-128(110,111)112)117-76-82-91(109)93(123-87(107)72-78(102)64-58-52-46-40-33-27-21-15-9-3)89(96(122-82)126-130(115,116)127-129(113,114)118-70-69-97)98-83(103)71-77(101)63-57-51-45-39-32-26-20-14-8-2/h77-82,89-96,100-102,109H,7-76,97H2,1-6H3,(H,98,103)(H,99,104)(H,113,114)(H,115,116)(H2,110,111,112)/p-3/t77-,78-,79-,80-,81-,82-,89-,90-,91-,92-,93-,94-,95-,96-/m1/s1. The van der Waals surface area contributed by atoms with E-state index in [0.717, 1.165) is 276 Å². The van der Waals surface area contributed by atoms with Gasteiger partial charge in [0, 0.05) is 12.8 Å². The van der Waals surface area contributed by atoms with E-state index < -0.39 is 190 Å². The summed E-state index contributed by atoms with van der Waals surface area (Å²) in [4.78, 5) is 140. The van der Waals surface area contributed by atoms with Crippen LogP contribution in [0.1, 0.15) is 465 Å². The van der Waals surface area contributed by atoms with Crippen molar-refractivity contribution in [3.05, 3.63) is 0 Å². The maximum absolute atomic E-state index is 15.3. The van der Waals surface area contributed by atoms with E-state index in [1.807, 2.05) is 0 Å². The Hall–Kier alpha value is -3.13. The van der Waals surface area contributed by atoms with Gasteiger partial charge >= 0.3 is 23.9 Å². The number of amides is 2. The third-order valence-corrected chi connectivity index (χ3v) is 27.5. The van der Waals surface area contributed by atoms with Gasteiger partial charge in [-0.05, 0) is 51.4 Å². The monoisotopic (exact) mass is 1920 g/mol. The molecule has 130 heavy (non-hydrogen) atoms. The van der Waals surface area contributed by atoms with Gasteiger partial charge in [0.25, 0.3) is 15.6 Å². The highest BCUT2D eigenvalue weighted by molar-refractivity contribution is 7.59. The molecular formula is C96H181N3O28P3-3. The molecule has 2 aliphatic heterocycles. The van der Waals surface area contributed by atoms with Crippen molar-refractivity contribution < 1.29 is 139 Å². The smallest absolute Gasteiger partial charge is 0.310 e. The maximum atomic E-state index is 15.3. The van der Waals surface area contributed by atoms with Gasteiger partial charge in [-0.25, -0.2) is 4.31 Å². The van der Waals surface area contributed by atoms with E-state index in [1.54, 1.807) is 0 Å². The Morgan fingerprint density at radius 2 is 0.700 bits per heavy atom. The van der Waals surface area contributed by atoms with Crippen molar-refractivity contribution in [2.24, 2.45) is 0 Å². The number of aliphatic hydroxyl groups is 4. The van der Waals surface area contributed by atoms with Crippen molar-refractivity contribution in [3.8, 4) is 0 Å². The zero-order valence-corrected chi connectivity index (χ0v) is 83.9. The molecule has 34 heteroatoms. The molecule has 0 aromatic heterocycles. The summed E-state index contributed by atoms with van der Waals surface area (Å²) in [5, 5.41) is 51.8. The minimum absolute atomic E-state index is 0.0354. The Bertz CT molecular complexity index is 2980. The summed E-state index contributed by atoms with van der Waals surface area (Å²) < 4.78 is 103. The number of hydrogen-bond donors (Lipinski definition) is 7. The van der Waals surface area contributed by atoms with E-state index in [1.165, 1.54) is 38.5 Å². The second-order valence-electron chi connectivity index (χ2n) is 36.7. The Morgan fingerprint density at radius 1 is 0.377 bits per heavy atom. The predicted octanol–water partition coefficient (Wildman–Crippen LogP) is 17.5. The van der Waals surface area contributed by atoms with E-state index in [0.29, 0.717) is 44.9 Å². The van der Waals surface area contributed by atoms with Gasteiger partial charge in [-0.15, -0.1) is 0 Å². The number of phosphoric ester groups is 3. The first-order valence-electron chi connectivity index (χ1n) is 51.7. The number of aliphatic hydroxyl groups excluding tert-OH is 4. The maximum Gasteiger partial charge on any atom is 0.310 e. The Balaban J connectivity index is 2.98. The molecule has 0 bridgehead atoms. The number of nitrogens with one attached hydrogen (secondary N) is 2. The lowest BCUT2D eigenvalue weighted by Crippen LogP contribution is -2.68. The fraction of sp³-hybridized carbons (Fsp3) is 0.938. The zero-order chi connectivity index (χ0) is 95.7. The molecule has 766 valence electrons. The minimum Gasteiger partial charge on any atom is -0.790 e. The van der Waals surface area contributed by atoms with E-state index in [4.69, 9.17) is 42.2 Å². The van der Waals surface area contributed by atoms with Gasteiger partial charge in [-0.3, -0.25) is 42.4 Å². The van der Waals surface area contributed by atoms with Crippen LogP contribution in [0, 0.1) is 0 Å². The molecule has 2 fully saturated rings. The van der Waals surface area contributed by atoms with Crippen molar-refractivity contribution >= 4 is 59.2 Å². The first kappa shape index (κ1) is 123. The third-order valence-electron chi connectivity index (χ3n) is 24.4. The van der Waals surface area contributed by atoms with E-state index >= 15 is 9.59 Å². The highest BCUT2D eigenvalue weighted by Gasteiger charge is 2.54. The molecular weight excluding hydrogens is 1740 g/mol. The van der Waals surface area contributed by atoms with Crippen molar-refractivity contribution in [1.82, 2.24) is 10.6 Å². The van der Waals surface area contributed by atoms with Crippen LogP contribution in [0.3, 0.4) is 0 Å². The Kier molecular flexibility index (Phi) is 74.5. The molecule has 0 aromatic carbocycles. The van der Waals surface area contributed by atoms with Crippen LogP contribution in [-0.4, -0.2) is 168 Å². The van der Waals surface area contributed by atoms with Gasteiger partial charge in [-0.2, -0.15) is 0 Å². The number of carbonyl (C=O) groups excluding carboxylic acids is 6. The first-order chi connectivity index (χ1) is 62.6. The molecule has 16 atom stereocenters. The fourth-order valence-electron chi connectivity index (χ4n) is 16.9. The summed E-state index contributed by atoms with van der Waals surface area (Å²) in [5.74, 6) is -5.54. The fourth-order valence-corrected chi connectivity index (χ4v) is 19.6. The second kappa shape index (κ2) is 78.7.